The van der Waals surface area contributed by atoms with Crippen molar-refractivity contribution in [2.24, 2.45) is 0 Å². The zero-order valence-corrected chi connectivity index (χ0v) is 17.2. The summed E-state index contributed by atoms with van der Waals surface area (Å²) in [5.74, 6) is -3.55. The zero-order chi connectivity index (χ0) is 21.9. The van der Waals surface area contributed by atoms with Crippen molar-refractivity contribution in [3.63, 3.8) is 0 Å². The van der Waals surface area contributed by atoms with Crippen LogP contribution in [0.15, 0.2) is 41.3 Å². The minimum Gasteiger partial charge on any atom is -0.454 e. The van der Waals surface area contributed by atoms with Crippen molar-refractivity contribution < 1.29 is 31.5 Å². The van der Waals surface area contributed by atoms with E-state index in [1.165, 1.54) is 22.5 Å². The third-order valence-electron chi connectivity index (χ3n) is 4.94. The van der Waals surface area contributed by atoms with Gasteiger partial charge in [0.2, 0.25) is 15.8 Å². The van der Waals surface area contributed by atoms with Gasteiger partial charge in [-0.1, -0.05) is 12.5 Å². The third kappa shape index (κ3) is 4.73. The van der Waals surface area contributed by atoms with Crippen LogP contribution >= 0.6 is 0 Å². The lowest BCUT2D eigenvalue weighted by Gasteiger charge is -2.26. The smallest absolute Gasteiger partial charge is 0.338 e. The molecule has 0 spiro atoms. The van der Waals surface area contributed by atoms with Gasteiger partial charge in [-0.15, -0.1) is 0 Å². The first kappa shape index (κ1) is 22.0. The van der Waals surface area contributed by atoms with Gasteiger partial charge in [0.1, 0.15) is 11.6 Å². The van der Waals surface area contributed by atoms with Crippen LogP contribution in [0.3, 0.4) is 0 Å². The van der Waals surface area contributed by atoms with E-state index in [0.717, 1.165) is 37.5 Å². The van der Waals surface area contributed by atoms with Crippen molar-refractivity contribution in [3.05, 3.63) is 64.7 Å². The molecular weight excluding hydrogens is 416 g/mol. The van der Waals surface area contributed by atoms with Crippen LogP contribution < -0.4 is 0 Å². The summed E-state index contributed by atoms with van der Waals surface area (Å²) in [6.45, 7) is 1.64. The number of ether oxygens (including phenoxy) is 1. The summed E-state index contributed by atoms with van der Waals surface area (Å²) in [7, 11) is -3.75. The molecule has 0 amide bonds. The van der Waals surface area contributed by atoms with E-state index in [9.17, 15) is 26.8 Å². The maximum absolute atomic E-state index is 13.7. The number of carbonyl (C=O) groups excluding carboxylic acids is 2. The van der Waals surface area contributed by atoms with Gasteiger partial charge in [0.15, 0.2) is 6.61 Å². The molecule has 2 aromatic carbocycles. The molecule has 1 fully saturated rings. The molecule has 0 saturated carbocycles. The highest BCUT2D eigenvalue weighted by molar-refractivity contribution is 7.89. The molecule has 1 saturated heterocycles. The number of sulfonamides is 1. The molecule has 0 atom stereocenters. The van der Waals surface area contributed by atoms with E-state index in [-0.39, 0.29) is 10.5 Å². The van der Waals surface area contributed by atoms with E-state index in [2.05, 4.69) is 0 Å². The van der Waals surface area contributed by atoms with Gasteiger partial charge in [-0.2, -0.15) is 4.31 Å². The molecule has 0 unspecified atom stereocenters. The molecule has 1 aliphatic rings. The van der Waals surface area contributed by atoms with Crippen LogP contribution in [0, 0.1) is 18.6 Å². The minimum absolute atomic E-state index is 0.0133. The van der Waals surface area contributed by atoms with Gasteiger partial charge >= 0.3 is 5.97 Å². The number of carbonyl (C=O) groups is 2. The van der Waals surface area contributed by atoms with Crippen LogP contribution in [-0.4, -0.2) is 44.2 Å². The SMILES string of the molecule is Cc1ccc(S(=O)(=O)N2CCCCC2)cc1C(=O)OCC(=O)c1cc(F)ccc1F. The number of Topliss-reactive ketones (excluding diaryl/α,β-unsaturated/α-hetero) is 1. The van der Waals surface area contributed by atoms with E-state index in [1.54, 1.807) is 6.92 Å². The summed E-state index contributed by atoms with van der Waals surface area (Å²) in [4.78, 5) is 24.5. The molecule has 0 aromatic heterocycles. The number of benzene rings is 2. The van der Waals surface area contributed by atoms with Crippen molar-refractivity contribution in [1.29, 1.82) is 0 Å². The molecular formula is C21H21F2NO5S. The van der Waals surface area contributed by atoms with Crippen LogP contribution in [0.25, 0.3) is 0 Å². The number of halogens is 2. The molecule has 0 bridgehead atoms. The summed E-state index contributed by atoms with van der Waals surface area (Å²) < 4.78 is 58.9. The van der Waals surface area contributed by atoms with E-state index in [4.69, 9.17) is 4.74 Å². The fraction of sp³-hybridized carbons (Fsp3) is 0.333. The number of rotatable bonds is 6. The summed E-state index contributed by atoms with van der Waals surface area (Å²) in [5.41, 5.74) is -0.0801. The highest BCUT2D eigenvalue weighted by Crippen LogP contribution is 2.23. The molecule has 1 heterocycles. The standard InChI is InChI=1S/C21H21F2NO5S/c1-14-5-7-16(30(27,28)24-9-3-2-4-10-24)12-17(14)21(26)29-13-20(25)18-11-15(22)6-8-19(18)23/h5-8,11-12H,2-4,9-10,13H2,1H3. The molecule has 6 nitrogen and oxygen atoms in total. The fourth-order valence-corrected chi connectivity index (χ4v) is 4.78. The molecule has 1 aliphatic heterocycles. The lowest BCUT2D eigenvalue weighted by molar-refractivity contribution is 0.0472. The van der Waals surface area contributed by atoms with Crippen molar-refractivity contribution in [2.45, 2.75) is 31.1 Å². The Balaban J connectivity index is 1.77. The maximum atomic E-state index is 13.7. The van der Waals surface area contributed by atoms with Crippen molar-refractivity contribution in [2.75, 3.05) is 19.7 Å². The monoisotopic (exact) mass is 437 g/mol. The first-order chi connectivity index (χ1) is 14.2. The molecule has 3 rings (SSSR count). The van der Waals surface area contributed by atoms with Crippen molar-refractivity contribution in [1.82, 2.24) is 4.31 Å². The summed E-state index contributed by atoms with van der Waals surface area (Å²) in [6, 6.07) is 6.53. The largest absolute Gasteiger partial charge is 0.454 e. The summed E-state index contributed by atoms with van der Waals surface area (Å²) in [5, 5.41) is 0. The molecule has 9 heteroatoms. The topological polar surface area (TPSA) is 80.8 Å². The second-order valence-corrected chi connectivity index (χ2v) is 9.00. The number of hydrogen-bond acceptors (Lipinski definition) is 5. The number of piperidine rings is 1. The Bertz CT molecular complexity index is 1080. The van der Waals surface area contributed by atoms with Gasteiger partial charge in [-0.05, 0) is 55.7 Å². The van der Waals surface area contributed by atoms with Crippen molar-refractivity contribution in [3.8, 4) is 0 Å². The van der Waals surface area contributed by atoms with E-state index < -0.39 is 45.6 Å². The molecule has 2 aromatic rings. The van der Waals surface area contributed by atoms with Crippen LogP contribution in [0.4, 0.5) is 8.78 Å². The minimum atomic E-state index is -3.75. The zero-order valence-electron chi connectivity index (χ0n) is 16.4. The third-order valence-corrected chi connectivity index (χ3v) is 6.84. The van der Waals surface area contributed by atoms with Crippen molar-refractivity contribution >= 4 is 21.8 Å². The number of hydrogen-bond donors (Lipinski definition) is 0. The Hall–Kier alpha value is -2.65. The van der Waals surface area contributed by atoms with E-state index in [0.29, 0.717) is 18.7 Å². The second kappa shape index (κ2) is 9.01. The summed E-state index contributed by atoms with van der Waals surface area (Å²) in [6.07, 6.45) is 2.52. The predicted octanol–water partition coefficient (Wildman–Crippen LogP) is 3.49. The van der Waals surface area contributed by atoms with Gasteiger partial charge in [0, 0.05) is 13.1 Å². The predicted molar refractivity (Wildman–Crippen MR) is 105 cm³/mol. The molecule has 30 heavy (non-hydrogen) atoms. The first-order valence-electron chi connectivity index (χ1n) is 9.46. The van der Waals surface area contributed by atoms with Gasteiger partial charge < -0.3 is 4.74 Å². The first-order valence-corrected chi connectivity index (χ1v) is 10.9. The Morgan fingerprint density at radius 3 is 2.40 bits per heavy atom. The quantitative estimate of drug-likeness (QED) is 0.511. The van der Waals surface area contributed by atoms with Crippen LogP contribution in [0.2, 0.25) is 0 Å². The Kier molecular flexibility index (Phi) is 6.62. The average molecular weight is 437 g/mol. The van der Waals surface area contributed by atoms with Gasteiger partial charge in [0.25, 0.3) is 0 Å². The summed E-state index contributed by atoms with van der Waals surface area (Å²) >= 11 is 0. The van der Waals surface area contributed by atoms with E-state index >= 15 is 0 Å². The second-order valence-electron chi connectivity index (χ2n) is 7.06. The maximum Gasteiger partial charge on any atom is 0.338 e. The number of aryl methyl sites for hydroxylation is 1. The van der Waals surface area contributed by atoms with Gasteiger partial charge in [-0.3, -0.25) is 4.79 Å². The Labute approximate surface area is 173 Å². The lowest BCUT2D eigenvalue weighted by atomic mass is 10.1. The molecule has 160 valence electrons. The van der Waals surface area contributed by atoms with E-state index in [1.807, 2.05) is 0 Å². The van der Waals surface area contributed by atoms with Crippen LogP contribution in [0.1, 0.15) is 45.5 Å². The van der Waals surface area contributed by atoms with Crippen LogP contribution in [-0.2, 0) is 14.8 Å². The number of nitrogens with zero attached hydrogens (tertiary/aromatic N) is 1. The highest BCUT2D eigenvalue weighted by atomic mass is 32.2. The lowest BCUT2D eigenvalue weighted by Crippen LogP contribution is -2.35. The number of ketones is 1. The van der Waals surface area contributed by atoms with Gasteiger partial charge in [0.05, 0.1) is 16.0 Å². The average Bonchev–Trinajstić information content (AvgIpc) is 2.74. The van der Waals surface area contributed by atoms with Crippen LogP contribution in [0.5, 0.6) is 0 Å². The Morgan fingerprint density at radius 1 is 1.00 bits per heavy atom. The normalized spacial score (nSPS) is 15.0. The molecule has 0 N–H and O–H groups in total. The molecule has 0 aliphatic carbocycles. The van der Waals surface area contributed by atoms with Gasteiger partial charge in [-0.25, -0.2) is 22.0 Å². The fourth-order valence-electron chi connectivity index (χ4n) is 3.23. The number of esters is 1. The highest BCUT2D eigenvalue weighted by Gasteiger charge is 2.27. The Morgan fingerprint density at radius 2 is 1.70 bits per heavy atom. The molecule has 0 radical (unpaired) electrons.